The van der Waals surface area contributed by atoms with Gasteiger partial charge >= 0.3 is 0 Å². The van der Waals surface area contributed by atoms with Crippen LogP contribution in [0, 0.1) is 11.3 Å². The predicted octanol–water partition coefficient (Wildman–Crippen LogP) is 2.33. The summed E-state index contributed by atoms with van der Waals surface area (Å²) in [6, 6.07) is 7.73. The SMILES string of the molecule is O=C(NCC1(CO)CC1)C1CC1c1ccccc1Cl. The highest BCUT2D eigenvalue weighted by atomic mass is 35.5. The van der Waals surface area contributed by atoms with Crippen molar-refractivity contribution in [3.05, 3.63) is 34.9 Å². The number of carbonyl (C=O) groups is 1. The highest BCUT2D eigenvalue weighted by molar-refractivity contribution is 6.31. The van der Waals surface area contributed by atoms with Crippen molar-refractivity contribution >= 4 is 17.5 Å². The van der Waals surface area contributed by atoms with E-state index in [-0.39, 0.29) is 29.8 Å². The maximum absolute atomic E-state index is 12.1. The number of rotatable bonds is 5. The van der Waals surface area contributed by atoms with E-state index in [0.29, 0.717) is 6.54 Å². The molecule has 1 aromatic carbocycles. The number of benzene rings is 1. The van der Waals surface area contributed by atoms with Gasteiger partial charge in [-0.25, -0.2) is 0 Å². The summed E-state index contributed by atoms with van der Waals surface area (Å²) < 4.78 is 0. The maximum atomic E-state index is 12.1. The molecule has 2 unspecified atom stereocenters. The molecule has 2 saturated carbocycles. The summed E-state index contributed by atoms with van der Waals surface area (Å²) >= 11 is 6.15. The van der Waals surface area contributed by atoms with Crippen molar-refractivity contribution in [1.82, 2.24) is 5.32 Å². The van der Waals surface area contributed by atoms with Gasteiger partial charge in [0.1, 0.15) is 0 Å². The van der Waals surface area contributed by atoms with Gasteiger partial charge in [-0.3, -0.25) is 4.79 Å². The van der Waals surface area contributed by atoms with Gasteiger partial charge in [0.2, 0.25) is 5.91 Å². The van der Waals surface area contributed by atoms with E-state index >= 15 is 0 Å². The molecule has 2 N–H and O–H groups in total. The molecule has 2 aliphatic rings. The fourth-order valence-electron chi connectivity index (χ4n) is 2.58. The lowest BCUT2D eigenvalue weighted by Gasteiger charge is -2.12. The van der Waals surface area contributed by atoms with E-state index < -0.39 is 0 Å². The summed E-state index contributed by atoms with van der Waals surface area (Å²) in [5.41, 5.74) is 1.05. The largest absolute Gasteiger partial charge is 0.396 e. The van der Waals surface area contributed by atoms with Gasteiger partial charge < -0.3 is 10.4 Å². The first-order chi connectivity index (χ1) is 9.15. The summed E-state index contributed by atoms with van der Waals surface area (Å²) in [5.74, 6) is 0.414. The van der Waals surface area contributed by atoms with Crippen LogP contribution in [-0.2, 0) is 4.79 Å². The molecule has 2 fully saturated rings. The summed E-state index contributed by atoms with van der Waals surface area (Å²) in [7, 11) is 0. The van der Waals surface area contributed by atoms with Crippen LogP contribution in [0.3, 0.4) is 0 Å². The van der Waals surface area contributed by atoms with Crippen LogP contribution in [0.2, 0.25) is 5.02 Å². The van der Waals surface area contributed by atoms with Gasteiger partial charge in [-0.15, -0.1) is 0 Å². The van der Waals surface area contributed by atoms with E-state index in [9.17, 15) is 9.90 Å². The van der Waals surface area contributed by atoms with Gasteiger partial charge in [-0.05, 0) is 36.8 Å². The lowest BCUT2D eigenvalue weighted by atomic mass is 10.1. The Balaban J connectivity index is 1.55. The van der Waals surface area contributed by atoms with E-state index in [4.69, 9.17) is 11.6 Å². The maximum Gasteiger partial charge on any atom is 0.223 e. The standard InChI is InChI=1S/C15H18ClNO2/c16-13-4-2-1-3-10(13)11-7-12(11)14(19)17-8-15(9-18)5-6-15/h1-4,11-12,18H,5-9H2,(H,17,19). The number of halogens is 1. The van der Waals surface area contributed by atoms with Crippen LogP contribution in [0.5, 0.6) is 0 Å². The second-order valence-corrected chi connectivity index (χ2v) is 6.25. The third-order valence-corrected chi connectivity index (χ3v) is 4.71. The molecule has 2 aliphatic carbocycles. The zero-order chi connectivity index (χ0) is 13.5. The minimum Gasteiger partial charge on any atom is -0.396 e. The third-order valence-electron chi connectivity index (χ3n) is 4.36. The number of nitrogens with one attached hydrogen (secondary N) is 1. The zero-order valence-corrected chi connectivity index (χ0v) is 11.5. The van der Waals surface area contributed by atoms with Crippen LogP contribution in [0.4, 0.5) is 0 Å². The highest BCUT2D eigenvalue weighted by Gasteiger charge is 2.47. The quantitative estimate of drug-likeness (QED) is 0.869. The van der Waals surface area contributed by atoms with E-state index in [1.807, 2.05) is 24.3 Å². The Hall–Kier alpha value is -1.06. The molecule has 1 amide bonds. The highest BCUT2D eigenvalue weighted by Crippen LogP contribution is 2.50. The van der Waals surface area contributed by atoms with Gasteiger partial charge in [0.15, 0.2) is 0 Å². The van der Waals surface area contributed by atoms with Gasteiger partial charge in [0.25, 0.3) is 0 Å². The molecule has 0 radical (unpaired) electrons. The molecule has 0 bridgehead atoms. The van der Waals surface area contributed by atoms with E-state index in [2.05, 4.69) is 5.32 Å². The number of aliphatic hydroxyl groups excluding tert-OH is 1. The van der Waals surface area contributed by atoms with E-state index in [1.165, 1.54) is 0 Å². The van der Waals surface area contributed by atoms with Crippen molar-refractivity contribution in [2.75, 3.05) is 13.2 Å². The fourth-order valence-corrected chi connectivity index (χ4v) is 2.85. The summed E-state index contributed by atoms with van der Waals surface area (Å²) in [6.45, 7) is 0.778. The molecule has 0 aliphatic heterocycles. The Morgan fingerprint density at radius 3 is 2.79 bits per heavy atom. The van der Waals surface area contributed by atoms with Crippen LogP contribution in [0.1, 0.15) is 30.7 Å². The molecule has 0 saturated heterocycles. The summed E-state index contributed by atoms with van der Waals surface area (Å²) in [4.78, 5) is 12.1. The molecule has 19 heavy (non-hydrogen) atoms. The smallest absolute Gasteiger partial charge is 0.223 e. The van der Waals surface area contributed by atoms with Crippen molar-refractivity contribution in [1.29, 1.82) is 0 Å². The predicted molar refractivity (Wildman–Crippen MR) is 74.1 cm³/mol. The Kier molecular flexibility index (Phi) is 3.27. The van der Waals surface area contributed by atoms with Crippen molar-refractivity contribution in [2.45, 2.75) is 25.2 Å². The Labute approximate surface area is 118 Å². The topological polar surface area (TPSA) is 49.3 Å². The molecule has 102 valence electrons. The van der Waals surface area contributed by atoms with Crippen molar-refractivity contribution in [3.8, 4) is 0 Å². The minimum absolute atomic E-state index is 0.0234. The Morgan fingerprint density at radius 1 is 1.42 bits per heavy atom. The first-order valence-corrected chi connectivity index (χ1v) is 7.16. The first-order valence-electron chi connectivity index (χ1n) is 6.78. The molecule has 2 atom stereocenters. The molecular weight excluding hydrogens is 262 g/mol. The summed E-state index contributed by atoms with van der Waals surface area (Å²) in [6.07, 6.45) is 2.91. The number of amides is 1. The summed E-state index contributed by atoms with van der Waals surface area (Å²) in [5, 5.41) is 12.9. The first kappa shape index (κ1) is 12.9. The average molecular weight is 280 g/mol. The molecule has 3 rings (SSSR count). The van der Waals surface area contributed by atoms with Crippen LogP contribution < -0.4 is 5.32 Å². The molecule has 1 aromatic rings. The second-order valence-electron chi connectivity index (χ2n) is 5.85. The Bertz CT molecular complexity index is 499. The molecule has 0 heterocycles. The lowest BCUT2D eigenvalue weighted by molar-refractivity contribution is -0.122. The lowest BCUT2D eigenvalue weighted by Crippen LogP contribution is -2.33. The second kappa shape index (κ2) is 4.80. The number of aliphatic hydroxyl groups is 1. The van der Waals surface area contributed by atoms with Crippen molar-refractivity contribution in [3.63, 3.8) is 0 Å². The fraction of sp³-hybridized carbons (Fsp3) is 0.533. The van der Waals surface area contributed by atoms with Crippen molar-refractivity contribution < 1.29 is 9.90 Å². The third kappa shape index (κ3) is 2.63. The average Bonchev–Trinajstić information content (AvgIpc) is 3.31. The number of carbonyl (C=O) groups excluding carboxylic acids is 1. The van der Waals surface area contributed by atoms with Crippen LogP contribution >= 0.6 is 11.6 Å². The van der Waals surface area contributed by atoms with Gasteiger partial charge in [0, 0.05) is 22.9 Å². The molecule has 4 heteroatoms. The zero-order valence-electron chi connectivity index (χ0n) is 10.7. The molecule has 3 nitrogen and oxygen atoms in total. The number of hydrogen-bond acceptors (Lipinski definition) is 2. The van der Waals surface area contributed by atoms with E-state index in [1.54, 1.807) is 0 Å². The molecule has 0 aromatic heterocycles. The molecular formula is C15H18ClNO2. The van der Waals surface area contributed by atoms with Gasteiger partial charge in [0.05, 0.1) is 6.61 Å². The van der Waals surface area contributed by atoms with Crippen LogP contribution in [0.25, 0.3) is 0 Å². The molecule has 0 spiro atoms. The van der Waals surface area contributed by atoms with Crippen molar-refractivity contribution in [2.24, 2.45) is 11.3 Å². The van der Waals surface area contributed by atoms with Gasteiger partial charge in [-0.2, -0.15) is 0 Å². The monoisotopic (exact) mass is 279 g/mol. The van der Waals surface area contributed by atoms with Crippen LogP contribution in [0.15, 0.2) is 24.3 Å². The number of hydrogen-bond donors (Lipinski definition) is 2. The Morgan fingerprint density at radius 2 is 2.16 bits per heavy atom. The normalized spacial score (nSPS) is 26.8. The van der Waals surface area contributed by atoms with Crippen LogP contribution in [-0.4, -0.2) is 24.2 Å². The van der Waals surface area contributed by atoms with Gasteiger partial charge in [-0.1, -0.05) is 29.8 Å². The minimum atomic E-state index is -0.0234. The van der Waals surface area contributed by atoms with E-state index in [0.717, 1.165) is 29.8 Å².